The Morgan fingerprint density at radius 1 is 1.38 bits per heavy atom. The molecule has 1 fully saturated rings. The molecule has 1 N–H and O–H groups in total. The van der Waals surface area contributed by atoms with E-state index in [-0.39, 0.29) is 12.1 Å². The van der Waals surface area contributed by atoms with Crippen LogP contribution in [-0.4, -0.2) is 29.7 Å². The fraction of sp³-hybridized carbons (Fsp3) is 0.100. The van der Waals surface area contributed by atoms with Gasteiger partial charge in [-0.3, -0.25) is 10.1 Å². The molecule has 2 rings (SSSR count). The number of halogens is 1. The number of imide groups is 1. The molecule has 0 aromatic heterocycles. The van der Waals surface area contributed by atoms with Crippen molar-refractivity contribution in [3.05, 3.63) is 35.6 Å². The van der Waals surface area contributed by atoms with Gasteiger partial charge in [0.25, 0.3) is 0 Å². The molecule has 1 aliphatic rings. The molecule has 5 nitrogen and oxygen atoms in total. The van der Waals surface area contributed by atoms with Crippen molar-refractivity contribution in [2.24, 2.45) is 5.10 Å². The Kier molecular flexibility index (Phi) is 2.63. The summed E-state index contributed by atoms with van der Waals surface area (Å²) in [5.74, 6) is -0.854. The first-order chi connectivity index (χ1) is 7.66. The molecule has 1 aliphatic heterocycles. The lowest BCUT2D eigenvalue weighted by atomic mass is 10.2. The molecule has 0 radical (unpaired) electrons. The van der Waals surface area contributed by atoms with E-state index < -0.39 is 17.8 Å². The molecule has 3 amide bonds. The number of urea groups is 1. The predicted octanol–water partition coefficient (Wildman–Crippen LogP) is 0.711. The van der Waals surface area contributed by atoms with Crippen molar-refractivity contribution in [1.29, 1.82) is 0 Å². The molecule has 6 heteroatoms. The van der Waals surface area contributed by atoms with Crippen LogP contribution >= 0.6 is 0 Å². The molecule has 1 heterocycles. The molecule has 1 aromatic carbocycles. The third-order valence-corrected chi connectivity index (χ3v) is 2.02. The third-order valence-electron chi connectivity index (χ3n) is 2.02. The van der Waals surface area contributed by atoms with Gasteiger partial charge in [-0.05, 0) is 6.07 Å². The van der Waals surface area contributed by atoms with Crippen LogP contribution in [0.15, 0.2) is 29.4 Å². The summed E-state index contributed by atoms with van der Waals surface area (Å²) in [6.45, 7) is -0.135. The highest BCUT2D eigenvalue weighted by Crippen LogP contribution is 2.04. The number of amides is 3. The Labute approximate surface area is 90.5 Å². The number of hydrogen-bond donors (Lipinski definition) is 1. The van der Waals surface area contributed by atoms with Gasteiger partial charge >= 0.3 is 6.03 Å². The maximum Gasteiger partial charge on any atom is 0.344 e. The Balaban J connectivity index is 2.13. The number of carbonyl (C=O) groups is 2. The molecular weight excluding hydrogens is 213 g/mol. The van der Waals surface area contributed by atoms with E-state index in [0.29, 0.717) is 0 Å². The number of carbonyl (C=O) groups excluding carboxylic acids is 2. The fourth-order valence-corrected chi connectivity index (χ4v) is 1.24. The van der Waals surface area contributed by atoms with Crippen molar-refractivity contribution < 1.29 is 14.0 Å². The minimum Gasteiger partial charge on any atom is -0.275 e. The summed E-state index contributed by atoms with van der Waals surface area (Å²) in [6, 6.07) is 5.42. The van der Waals surface area contributed by atoms with E-state index >= 15 is 0 Å². The first-order valence-corrected chi connectivity index (χ1v) is 4.56. The van der Waals surface area contributed by atoms with Crippen LogP contribution in [0.4, 0.5) is 9.18 Å². The van der Waals surface area contributed by atoms with Crippen LogP contribution in [0, 0.1) is 5.82 Å². The maximum absolute atomic E-state index is 13.2. The number of hydrogen-bond acceptors (Lipinski definition) is 3. The maximum atomic E-state index is 13.2. The second-order valence-electron chi connectivity index (χ2n) is 3.18. The van der Waals surface area contributed by atoms with E-state index in [0.717, 1.165) is 5.01 Å². The van der Waals surface area contributed by atoms with E-state index in [1.54, 1.807) is 12.1 Å². The topological polar surface area (TPSA) is 61.8 Å². The molecule has 1 aromatic rings. The molecular formula is C10H8FN3O2. The Hall–Kier alpha value is -2.24. The lowest BCUT2D eigenvalue weighted by molar-refractivity contribution is -0.118. The van der Waals surface area contributed by atoms with Crippen molar-refractivity contribution in [2.45, 2.75) is 0 Å². The summed E-state index contributed by atoms with van der Waals surface area (Å²) in [7, 11) is 0. The summed E-state index contributed by atoms with van der Waals surface area (Å²) >= 11 is 0. The van der Waals surface area contributed by atoms with Crippen molar-refractivity contribution in [2.75, 3.05) is 6.54 Å². The van der Waals surface area contributed by atoms with Crippen molar-refractivity contribution >= 4 is 18.2 Å². The molecule has 1 saturated heterocycles. The van der Waals surface area contributed by atoms with Crippen LogP contribution in [-0.2, 0) is 4.79 Å². The predicted molar refractivity (Wildman–Crippen MR) is 54.2 cm³/mol. The molecule has 0 saturated carbocycles. The second-order valence-corrected chi connectivity index (χ2v) is 3.18. The largest absolute Gasteiger partial charge is 0.344 e. The minimum absolute atomic E-state index is 0.135. The Bertz CT molecular complexity index is 473. The average Bonchev–Trinajstić information content (AvgIpc) is 2.56. The molecule has 0 bridgehead atoms. The summed E-state index contributed by atoms with van der Waals surface area (Å²) in [5.41, 5.74) is 0.259. The Morgan fingerprint density at radius 3 is 2.75 bits per heavy atom. The van der Waals surface area contributed by atoms with E-state index in [9.17, 15) is 14.0 Å². The second kappa shape index (κ2) is 4.09. The van der Waals surface area contributed by atoms with Gasteiger partial charge in [0.15, 0.2) is 0 Å². The number of rotatable bonds is 2. The zero-order valence-electron chi connectivity index (χ0n) is 8.18. The first kappa shape index (κ1) is 10.3. The molecule has 0 unspecified atom stereocenters. The Morgan fingerprint density at radius 2 is 2.12 bits per heavy atom. The highest BCUT2D eigenvalue weighted by Gasteiger charge is 2.25. The quantitative estimate of drug-likeness (QED) is 0.590. The van der Waals surface area contributed by atoms with Crippen molar-refractivity contribution in [3.63, 3.8) is 0 Å². The van der Waals surface area contributed by atoms with Gasteiger partial charge in [0.05, 0.1) is 6.21 Å². The van der Waals surface area contributed by atoms with Gasteiger partial charge in [0.2, 0.25) is 5.91 Å². The lowest BCUT2D eigenvalue weighted by Gasteiger charge is -2.04. The van der Waals surface area contributed by atoms with Gasteiger partial charge < -0.3 is 0 Å². The first-order valence-electron chi connectivity index (χ1n) is 4.56. The van der Waals surface area contributed by atoms with Gasteiger partial charge in [0, 0.05) is 5.56 Å². The lowest BCUT2D eigenvalue weighted by Crippen LogP contribution is -2.24. The van der Waals surface area contributed by atoms with Crippen LogP contribution < -0.4 is 5.32 Å². The third kappa shape index (κ3) is 2.05. The number of nitrogens with zero attached hydrogens (tertiary/aromatic N) is 2. The van der Waals surface area contributed by atoms with Crippen molar-refractivity contribution in [3.8, 4) is 0 Å². The highest BCUT2D eigenvalue weighted by molar-refractivity contribution is 6.02. The fourth-order valence-electron chi connectivity index (χ4n) is 1.24. The monoisotopic (exact) mass is 221 g/mol. The number of hydrazone groups is 1. The molecule has 82 valence electrons. The molecule has 0 spiro atoms. The van der Waals surface area contributed by atoms with Gasteiger partial charge in [0.1, 0.15) is 12.4 Å². The normalized spacial score (nSPS) is 15.9. The van der Waals surface area contributed by atoms with Gasteiger partial charge in [-0.1, -0.05) is 18.2 Å². The summed E-state index contributed by atoms with van der Waals surface area (Å²) in [6.07, 6.45) is 1.20. The standard InChI is InChI=1S/C10H8FN3O2/c11-8-4-2-1-3-7(8)5-12-14-6-9(15)13-10(14)16/h1-5H,6H2,(H,13,15,16)/b12-5-. The molecule has 0 atom stereocenters. The van der Waals surface area contributed by atoms with E-state index in [1.165, 1.54) is 18.3 Å². The number of benzene rings is 1. The number of nitrogens with one attached hydrogen (secondary N) is 1. The van der Waals surface area contributed by atoms with Crippen LogP contribution in [0.3, 0.4) is 0 Å². The van der Waals surface area contributed by atoms with E-state index in [4.69, 9.17) is 0 Å². The van der Waals surface area contributed by atoms with Crippen LogP contribution in [0.5, 0.6) is 0 Å². The summed E-state index contributed by atoms with van der Waals surface area (Å²) < 4.78 is 13.2. The zero-order chi connectivity index (χ0) is 11.5. The SMILES string of the molecule is O=C1CN(/N=C\c2ccccc2F)C(=O)N1. The highest BCUT2D eigenvalue weighted by atomic mass is 19.1. The van der Waals surface area contributed by atoms with E-state index in [2.05, 4.69) is 10.4 Å². The van der Waals surface area contributed by atoms with Crippen molar-refractivity contribution in [1.82, 2.24) is 10.3 Å². The smallest absolute Gasteiger partial charge is 0.275 e. The van der Waals surface area contributed by atoms with Crippen LogP contribution in [0.2, 0.25) is 0 Å². The minimum atomic E-state index is -0.599. The van der Waals surface area contributed by atoms with E-state index in [1.807, 2.05) is 0 Å². The summed E-state index contributed by atoms with van der Waals surface area (Å²) in [5, 5.41) is 6.72. The van der Waals surface area contributed by atoms with Gasteiger partial charge in [-0.2, -0.15) is 5.10 Å². The van der Waals surface area contributed by atoms with Crippen LogP contribution in [0.25, 0.3) is 0 Å². The van der Waals surface area contributed by atoms with Gasteiger partial charge in [-0.15, -0.1) is 0 Å². The average molecular weight is 221 g/mol. The molecule has 16 heavy (non-hydrogen) atoms. The van der Waals surface area contributed by atoms with Gasteiger partial charge in [-0.25, -0.2) is 14.2 Å². The summed E-state index contributed by atoms with van der Waals surface area (Å²) in [4.78, 5) is 21.9. The van der Waals surface area contributed by atoms with Crippen LogP contribution in [0.1, 0.15) is 5.56 Å². The molecule has 0 aliphatic carbocycles. The zero-order valence-corrected chi connectivity index (χ0v) is 8.18.